The molecule has 0 unspecified atom stereocenters. The summed E-state index contributed by atoms with van der Waals surface area (Å²) < 4.78 is 1.05. The molecule has 0 aliphatic carbocycles. The second kappa shape index (κ2) is 2.62. The average molecular weight is 234 g/mol. The van der Waals surface area contributed by atoms with Gasteiger partial charge in [0.25, 0.3) is 0 Å². The van der Waals surface area contributed by atoms with Crippen molar-refractivity contribution in [3.8, 4) is 0 Å². The molecule has 13 heavy (non-hydrogen) atoms. The van der Waals surface area contributed by atoms with Gasteiger partial charge in [-0.25, -0.2) is 0 Å². The van der Waals surface area contributed by atoms with E-state index in [1.165, 1.54) is 0 Å². The van der Waals surface area contributed by atoms with E-state index in [1.807, 2.05) is 29.3 Å². The average Bonchev–Trinajstić information content (AvgIpc) is 2.61. The van der Waals surface area contributed by atoms with Gasteiger partial charge in [-0.2, -0.15) is 0 Å². The summed E-state index contributed by atoms with van der Waals surface area (Å²) in [6, 6.07) is 7.89. The first-order valence-electron chi connectivity index (χ1n) is 3.89. The van der Waals surface area contributed by atoms with Gasteiger partial charge in [0.15, 0.2) is 0 Å². The molecule has 2 heterocycles. The predicted octanol–water partition coefficient (Wildman–Crippen LogP) is 1.23. The molecule has 0 atom stereocenters. The first-order chi connectivity index (χ1) is 6.43. The third kappa shape index (κ3) is 1.07. The van der Waals surface area contributed by atoms with Gasteiger partial charge in [0, 0.05) is 0 Å². The quantitative estimate of drug-likeness (QED) is 0.549. The first-order valence-corrected chi connectivity index (χ1v) is 5.74. The third-order valence-corrected chi connectivity index (χ3v) is 3.35. The van der Waals surface area contributed by atoms with Crippen LogP contribution in [-0.2, 0) is 0 Å². The SMILES string of the molecule is c1ccc2nc3[se]cnc3nc2c1. The molecule has 2 aromatic heterocycles. The van der Waals surface area contributed by atoms with Crippen LogP contribution in [0.5, 0.6) is 0 Å². The Bertz CT molecular complexity index is 523. The van der Waals surface area contributed by atoms with Gasteiger partial charge in [0.2, 0.25) is 0 Å². The van der Waals surface area contributed by atoms with Gasteiger partial charge in [-0.1, -0.05) is 0 Å². The van der Waals surface area contributed by atoms with E-state index in [-0.39, 0.29) is 14.5 Å². The van der Waals surface area contributed by atoms with Crippen molar-refractivity contribution in [3.63, 3.8) is 0 Å². The number of aromatic nitrogens is 3. The molecule has 0 aliphatic rings. The van der Waals surface area contributed by atoms with Crippen molar-refractivity contribution in [3.05, 3.63) is 29.3 Å². The fourth-order valence-corrected chi connectivity index (χ4v) is 2.54. The summed E-state index contributed by atoms with van der Waals surface area (Å²) in [5.41, 5.74) is 2.70. The van der Waals surface area contributed by atoms with Crippen LogP contribution in [0.25, 0.3) is 21.1 Å². The minimum absolute atomic E-state index is 0.284. The summed E-state index contributed by atoms with van der Waals surface area (Å²) in [6.07, 6.45) is 0. The Kier molecular flexibility index (Phi) is 1.45. The zero-order chi connectivity index (χ0) is 8.67. The predicted molar refractivity (Wildman–Crippen MR) is 51.8 cm³/mol. The maximum absolute atomic E-state index is 4.50. The number of para-hydroxylation sites is 2. The van der Waals surface area contributed by atoms with Crippen molar-refractivity contribution in [2.24, 2.45) is 0 Å². The number of rotatable bonds is 0. The topological polar surface area (TPSA) is 38.7 Å². The Morgan fingerprint density at radius 3 is 2.62 bits per heavy atom. The normalized spacial score (nSPS) is 11.1. The molecular formula is C9H5N3Se. The van der Waals surface area contributed by atoms with Crippen LogP contribution in [0.2, 0.25) is 0 Å². The van der Waals surface area contributed by atoms with Gasteiger partial charge in [-0.15, -0.1) is 0 Å². The van der Waals surface area contributed by atoms with Crippen molar-refractivity contribution in [2.75, 3.05) is 0 Å². The van der Waals surface area contributed by atoms with Crippen LogP contribution in [0.4, 0.5) is 0 Å². The van der Waals surface area contributed by atoms with Crippen LogP contribution in [0.3, 0.4) is 0 Å². The molecule has 4 heteroatoms. The van der Waals surface area contributed by atoms with Crippen LogP contribution in [0.15, 0.2) is 29.3 Å². The molecule has 3 nitrogen and oxygen atoms in total. The van der Waals surface area contributed by atoms with E-state index in [1.54, 1.807) is 0 Å². The van der Waals surface area contributed by atoms with Gasteiger partial charge in [-0.05, 0) is 0 Å². The number of hydrogen-bond donors (Lipinski definition) is 0. The number of hydrogen-bond acceptors (Lipinski definition) is 3. The Morgan fingerprint density at radius 2 is 1.77 bits per heavy atom. The molecule has 0 N–H and O–H groups in total. The molecule has 0 saturated carbocycles. The van der Waals surface area contributed by atoms with Crippen molar-refractivity contribution >= 4 is 35.6 Å². The van der Waals surface area contributed by atoms with Crippen molar-refractivity contribution < 1.29 is 0 Å². The van der Waals surface area contributed by atoms with Gasteiger partial charge < -0.3 is 0 Å². The summed E-state index contributed by atoms with van der Waals surface area (Å²) in [4.78, 5) is 13.1. The molecule has 3 rings (SSSR count). The van der Waals surface area contributed by atoms with E-state index in [0.29, 0.717) is 0 Å². The van der Waals surface area contributed by atoms with Crippen LogP contribution in [0, 0.1) is 0 Å². The summed E-state index contributed by atoms with van der Waals surface area (Å²) in [5, 5.41) is 1.91. The molecule has 0 radical (unpaired) electrons. The van der Waals surface area contributed by atoms with Gasteiger partial charge in [-0.3, -0.25) is 0 Å². The summed E-state index contributed by atoms with van der Waals surface area (Å²) in [5.74, 6) is 0. The summed E-state index contributed by atoms with van der Waals surface area (Å²) >= 11 is 0.284. The molecule has 0 saturated heterocycles. The molecule has 1 aromatic carbocycles. The molecule has 0 amide bonds. The van der Waals surface area contributed by atoms with E-state index in [4.69, 9.17) is 0 Å². The zero-order valence-electron chi connectivity index (χ0n) is 6.64. The van der Waals surface area contributed by atoms with Crippen LogP contribution >= 0.6 is 0 Å². The molecular weight excluding hydrogens is 229 g/mol. The van der Waals surface area contributed by atoms with E-state index < -0.39 is 0 Å². The van der Waals surface area contributed by atoms with Gasteiger partial charge in [0.1, 0.15) is 0 Å². The number of fused-ring (bicyclic) bond motifs is 2. The van der Waals surface area contributed by atoms with Crippen LogP contribution in [0.1, 0.15) is 0 Å². The van der Waals surface area contributed by atoms with E-state index in [0.717, 1.165) is 21.1 Å². The zero-order valence-corrected chi connectivity index (χ0v) is 8.35. The van der Waals surface area contributed by atoms with Crippen LogP contribution < -0.4 is 0 Å². The standard InChI is InChI=1S/C9H5N3Se/c1-2-4-7-6(3-1)11-8-9(12-7)13-5-10-8/h1-5H. The number of nitrogens with zero attached hydrogens (tertiary/aromatic N) is 3. The fourth-order valence-electron chi connectivity index (χ4n) is 1.26. The van der Waals surface area contributed by atoms with Crippen LogP contribution in [-0.4, -0.2) is 29.5 Å². The molecule has 0 bridgehead atoms. The van der Waals surface area contributed by atoms with E-state index >= 15 is 0 Å². The fraction of sp³-hybridized carbons (Fsp3) is 0. The van der Waals surface area contributed by atoms with E-state index in [2.05, 4.69) is 15.0 Å². The Morgan fingerprint density at radius 1 is 1.00 bits per heavy atom. The molecule has 3 aromatic rings. The van der Waals surface area contributed by atoms with E-state index in [9.17, 15) is 0 Å². The monoisotopic (exact) mass is 235 g/mol. The Balaban J connectivity index is 2.57. The van der Waals surface area contributed by atoms with Crippen molar-refractivity contribution in [1.82, 2.24) is 15.0 Å². The molecule has 62 valence electrons. The second-order valence-electron chi connectivity index (χ2n) is 2.69. The minimum atomic E-state index is 0.284. The Hall–Kier alpha value is -1.25. The molecule has 0 fully saturated rings. The van der Waals surface area contributed by atoms with Crippen molar-refractivity contribution in [1.29, 1.82) is 0 Å². The van der Waals surface area contributed by atoms with Crippen molar-refractivity contribution in [2.45, 2.75) is 0 Å². The molecule has 0 aliphatic heterocycles. The third-order valence-electron chi connectivity index (χ3n) is 1.86. The first kappa shape index (κ1) is 7.18. The molecule has 0 spiro atoms. The van der Waals surface area contributed by atoms with Gasteiger partial charge in [0.05, 0.1) is 0 Å². The van der Waals surface area contributed by atoms with Gasteiger partial charge >= 0.3 is 79.9 Å². The Labute approximate surface area is 80.2 Å². The second-order valence-corrected chi connectivity index (χ2v) is 4.44. The number of benzene rings is 1. The summed E-state index contributed by atoms with van der Waals surface area (Å²) in [6.45, 7) is 0. The maximum atomic E-state index is 4.50. The summed E-state index contributed by atoms with van der Waals surface area (Å²) in [7, 11) is 0.